The number of aromatic nitrogens is 7. The second kappa shape index (κ2) is 8.97. The van der Waals surface area contributed by atoms with Gasteiger partial charge in [-0.05, 0) is 50.5 Å². The first-order valence-electron chi connectivity index (χ1n) is 14.0. The summed E-state index contributed by atoms with van der Waals surface area (Å²) in [6.45, 7) is 0. The van der Waals surface area contributed by atoms with E-state index in [9.17, 15) is 4.79 Å². The lowest BCUT2D eigenvalue weighted by atomic mass is 9.85. The molecule has 2 bridgehead atoms. The summed E-state index contributed by atoms with van der Waals surface area (Å²) in [5, 5.41) is 11.3. The molecule has 6 heterocycles. The smallest absolute Gasteiger partial charge is 0.291 e. The van der Waals surface area contributed by atoms with Gasteiger partial charge >= 0.3 is 0 Å². The van der Waals surface area contributed by atoms with Crippen molar-refractivity contribution in [2.45, 2.75) is 62.4 Å². The number of nitrogens with one attached hydrogen (secondary N) is 1. The van der Waals surface area contributed by atoms with Crippen LogP contribution < -0.4 is 5.73 Å². The van der Waals surface area contributed by atoms with Crippen molar-refractivity contribution in [2.75, 3.05) is 5.73 Å². The molecule has 0 spiro atoms. The number of fused-ring (bicyclic) bond motifs is 3. The Bertz CT molecular complexity index is 1690. The van der Waals surface area contributed by atoms with E-state index in [0.717, 1.165) is 77.8 Å². The Hall–Kier alpha value is -4.60. The number of nitrogens with zero attached hydrogens (tertiary/aromatic N) is 7. The number of rotatable bonds is 5. The van der Waals surface area contributed by atoms with Gasteiger partial charge in [0.1, 0.15) is 12.1 Å². The lowest BCUT2D eigenvalue weighted by Gasteiger charge is -2.39. The van der Waals surface area contributed by atoms with Crippen LogP contribution in [0.2, 0.25) is 0 Å². The molecule has 200 valence electrons. The van der Waals surface area contributed by atoms with Gasteiger partial charge < -0.3 is 10.6 Å². The predicted octanol–water partition coefficient (Wildman–Crippen LogP) is 4.59. The molecule has 8 rings (SSSR count). The summed E-state index contributed by atoms with van der Waals surface area (Å²) in [6.07, 6.45) is 11.1. The number of hydrogen-bond acceptors (Lipinski definition) is 7. The van der Waals surface area contributed by atoms with Crippen molar-refractivity contribution in [2.24, 2.45) is 0 Å². The highest BCUT2D eigenvalue weighted by Crippen LogP contribution is 2.50. The summed E-state index contributed by atoms with van der Waals surface area (Å²) in [6, 6.07) is 14.6. The molecule has 1 aliphatic carbocycles. The fourth-order valence-corrected chi connectivity index (χ4v) is 6.85. The molecule has 4 aromatic heterocycles. The summed E-state index contributed by atoms with van der Waals surface area (Å²) in [7, 11) is 0. The Balaban J connectivity index is 1.16. The van der Waals surface area contributed by atoms with E-state index in [0.29, 0.717) is 17.6 Å². The highest BCUT2D eigenvalue weighted by molar-refractivity contribution is 5.91. The number of pyridine rings is 1. The fraction of sp³-hybridized carbons (Fsp3) is 0.333. The number of aromatic amines is 1. The van der Waals surface area contributed by atoms with Crippen molar-refractivity contribution >= 4 is 17.4 Å². The summed E-state index contributed by atoms with van der Waals surface area (Å²) in [4.78, 5) is 29.4. The first kappa shape index (κ1) is 23.3. The van der Waals surface area contributed by atoms with Crippen molar-refractivity contribution in [3.8, 4) is 22.4 Å². The maximum atomic E-state index is 13.2. The molecular formula is C30H29N9O. The van der Waals surface area contributed by atoms with Crippen LogP contribution in [0, 0.1) is 0 Å². The first-order chi connectivity index (χ1) is 19.7. The minimum Gasteiger partial charge on any atom is -0.383 e. The molecule has 2 saturated heterocycles. The average Bonchev–Trinajstić information content (AvgIpc) is 3.37. The van der Waals surface area contributed by atoms with Crippen LogP contribution in [0.15, 0.2) is 61.2 Å². The number of H-pyrrole nitrogens is 1. The van der Waals surface area contributed by atoms with Crippen molar-refractivity contribution in [1.82, 2.24) is 39.7 Å². The molecule has 3 N–H and O–H groups in total. The zero-order valence-electron chi connectivity index (χ0n) is 21.9. The number of hydrogen-bond donors (Lipinski definition) is 2. The molecule has 1 saturated carbocycles. The van der Waals surface area contributed by atoms with Gasteiger partial charge in [-0.25, -0.2) is 9.97 Å². The Morgan fingerprint density at radius 1 is 0.900 bits per heavy atom. The van der Waals surface area contributed by atoms with Crippen LogP contribution in [0.5, 0.6) is 0 Å². The van der Waals surface area contributed by atoms with Gasteiger partial charge in [-0.1, -0.05) is 36.4 Å². The number of anilines is 1. The molecule has 10 heteroatoms. The number of carbonyl (C=O) groups excluding carboxylic acids is 1. The van der Waals surface area contributed by atoms with Gasteiger partial charge in [0.15, 0.2) is 5.65 Å². The molecule has 5 aromatic rings. The third kappa shape index (κ3) is 3.70. The molecule has 1 aromatic carbocycles. The maximum Gasteiger partial charge on any atom is 0.291 e. The van der Waals surface area contributed by atoms with Crippen LogP contribution in [0.25, 0.3) is 28.0 Å². The lowest BCUT2D eigenvalue weighted by molar-refractivity contribution is 0.0557. The van der Waals surface area contributed by atoms with Gasteiger partial charge in [0.05, 0.1) is 17.6 Å². The van der Waals surface area contributed by atoms with Crippen LogP contribution in [0.1, 0.15) is 72.2 Å². The van der Waals surface area contributed by atoms with Gasteiger partial charge in [-0.2, -0.15) is 14.7 Å². The molecule has 0 radical (unpaired) electrons. The molecule has 2 atom stereocenters. The Morgan fingerprint density at radius 2 is 1.70 bits per heavy atom. The maximum absolute atomic E-state index is 13.2. The third-order valence-corrected chi connectivity index (χ3v) is 8.85. The Labute approximate surface area is 230 Å². The van der Waals surface area contributed by atoms with E-state index < -0.39 is 0 Å². The number of nitrogen functional groups attached to an aromatic ring is 1. The number of nitrogens with two attached hydrogens (primary N) is 1. The molecule has 10 nitrogen and oxygen atoms in total. The van der Waals surface area contributed by atoms with E-state index in [2.05, 4.69) is 38.5 Å². The Kier molecular flexibility index (Phi) is 5.23. The predicted molar refractivity (Wildman–Crippen MR) is 149 cm³/mol. The van der Waals surface area contributed by atoms with Crippen molar-refractivity contribution in [1.29, 1.82) is 0 Å². The van der Waals surface area contributed by atoms with E-state index in [1.807, 2.05) is 41.6 Å². The molecule has 1 amide bonds. The monoisotopic (exact) mass is 531 g/mol. The quantitative estimate of drug-likeness (QED) is 0.339. The highest BCUT2D eigenvalue weighted by atomic mass is 16.2. The number of amides is 1. The zero-order valence-corrected chi connectivity index (χ0v) is 21.9. The van der Waals surface area contributed by atoms with Gasteiger partial charge in [-0.15, -0.1) is 0 Å². The van der Waals surface area contributed by atoms with Crippen LogP contribution in [-0.2, 0) is 0 Å². The van der Waals surface area contributed by atoms with E-state index in [-0.39, 0.29) is 23.9 Å². The summed E-state index contributed by atoms with van der Waals surface area (Å²) >= 11 is 0. The van der Waals surface area contributed by atoms with Gasteiger partial charge in [0.2, 0.25) is 5.82 Å². The molecule has 3 fully saturated rings. The average molecular weight is 532 g/mol. The van der Waals surface area contributed by atoms with Crippen LogP contribution >= 0.6 is 0 Å². The Morgan fingerprint density at radius 3 is 2.38 bits per heavy atom. The molecule has 40 heavy (non-hydrogen) atoms. The van der Waals surface area contributed by atoms with E-state index in [4.69, 9.17) is 15.7 Å². The molecule has 3 aliphatic rings. The van der Waals surface area contributed by atoms with Gasteiger partial charge in [-0.3, -0.25) is 14.9 Å². The minimum atomic E-state index is -0.0571. The normalized spacial score (nSPS) is 22.2. The highest BCUT2D eigenvalue weighted by Gasteiger charge is 2.46. The first-order valence-corrected chi connectivity index (χ1v) is 14.0. The van der Waals surface area contributed by atoms with Gasteiger partial charge in [0, 0.05) is 46.5 Å². The van der Waals surface area contributed by atoms with E-state index in [1.165, 1.54) is 6.33 Å². The summed E-state index contributed by atoms with van der Waals surface area (Å²) in [5.74, 6) is 1.61. The van der Waals surface area contributed by atoms with Crippen molar-refractivity contribution in [3.63, 3.8) is 0 Å². The summed E-state index contributed by atoms with van der Waals surface area (Å²) in [5.41, 5.74) is 13.7. The minimum absolute atomic E-state index is 0.0571. The lowest BCUT2D eigenvalue weighted by Crippen LogP contribution is -2.46. The SMILES string of the molecule is Nc1c(C2CC2)c(C2CC3CCC(C2)N3C(=O)c2ncn[nH]2)nc2c(-c3ccc(-c4ccccc4)nc3)cnn12. The van der Waals surface area contributed by atoms with E-state index in [1.54, 1.807) is 4.52 Å². The number of carbonyl (C=O) groups is 1. The van der Waals surface area contributed by atoms with Gasteiger partial charge in [0.25, 0.3) is 5.91 Å². The second-order valence-corrected chi connectivity index (χ2v) is 11.3. The topological polar surface area (TPSA) is 131 Å². The third-order valence-electron chi connectivity index (χ3n) is 8.85. The fourth-order valence-electron chi connectivity index (χ4n) is 6.85. The standard InChI is InChI=1S/C30H29N9O/c31-27-25(18-6-7-18)26(20-12-21-9-10-22(13-20)38(21)30(40)28-33-16-34-37-28)36-29-23(15-35-39(27)29)19-8-11-24(32-14-19)17-4-2-1-3-5-17/h1-5,8,11,14-16,18,20-22H,6-7,9-10,12-13,31H2,(H,33,34,37). The van der Waals surface area contributed by atoms with Crippen LogP contribution in [0.4, 0.5) is 5.82 Å². The molecule has 2 unspecified atom stereocenters. The second-order valence-electron chi connectivity index (χ2n) is 11.3. The summed E-state index contributed by atoms with van der Waals surface area (Å²) < 4.78 is 1.80. The van der Waals surface area contributed by atoms with Crippen LogP contribution in [-0.4, -0.2) is 57.7 Å². The van der Waals surface area contributed by atoms with Crippen molar-refractivity contribution in [3.05, 3.63) is 78.3 Å². The van der Waals surface area contributed by atoms with Crippen molar-refractivity contribution < 1.29 is 4.79 Å². The molecular weight excluding hydrogens is 502 g/mol. The largest absolute Gasteiger partial charge is 0.383 e. The number of benzene rings is 1. The molecule has 2 aliphatic heterocycles. The van der Waals surface area contributed by atoms with E-state index >= 15 is 0 Å². The number of piperidine rings is 1. The zero-order chi connectivity index (χ0) is 26.8. The van der Waals surface area contributed by atoms with Crippen LogP contribution in [0.3, 0.4) is 0 Å².